The van der Waals surface area contributed by atoms with Gasteiger partial charge >= 0.3 is 0 Å². The Labute approximate surface area is 129 Å². The highest BCUT2D eigenvalue weighted by atomic mass is 16.5. The Morgan fingerprint density at radius 3 is 2.00 bits per heavy atom. The molecule has 0 amide bonds. The Morgan fingerprint density at radius 2 is 1.41 bits per heavy atom. The van der Waals surface area contributed by atoms with Crippen molar-refractivity contribution >= 4 is 0 Å². The maximum Gasteiger partial charge on any atom is 0.143 e. The van der Waals surface area contributed by atoms with E-state index in [4.69, 9.17) is 4.74 Å². The molecule has 2 aromatic carbocycles. The zero-order valence-corrected chi connectivity index (χ0v) is 12.2. The first-order valence-electron chi connectivity index (χ1n) is 6.93. The lowest BCUT2D eigenvalue weighted by atomic mass is 9.81. The largest absolute Gasteiger partial charge is 0.497 e. The van der Waals surface area contributed by atoms with Gasteiger partial charge in [-0.15, -0.1) is 0 Å². The number of benzene rings is 2. The molecule has 1 atom stereocenters. The van der Waals surface area contributed by atoms with Crippen LogP contribution in [0.25, 0.3) is 0 Å². The van der Waals surface area contributed by atoms with E-state index in [0.717, 1.165) is 16.9 Å². The summed E-state index contributed by atoms with van der Waals surface area (Å²) in [6.45, 7) is 0. The summed E-state index contributed by atoms with van der Waals surface area (Å²) in [5.74, 6) is 0.739. The molecule has 4 heteroatoms. The third-order valence-electron chi connectivity index (χ3n) is 3.68. The maximum absolute atomic E-state index is 11.5. The van der Waals surface area contributed by atoms with E-state index in [1.165, 1.54) is 6.33 Å². The van der Waals surface area contributed by atoms with Gasteiger partial charge < -0.3 is 9.84 Å². The van der Waals surface area contributed by atoms with Gasteiger partial charge in [0.2, 0.25) is 0 Å². The summed E-state index contributed by atoms with van der Waals surface area (Å²) in [5, 5.41) is 11.5. The molecule has 22 heavy (non-hydrogen) atoms. The first kappa shape index (κ1) is 14.2. The highest BCUT2D eigenvalue weighted by Crippen LogP contribution is 2.36. The molecule has 0 aliphatic heterocycles. The van der Waals surface area contributed by atoms with Gasteiger partial charge in [0, 0.05) is 18.0 Å². The van der Waals surface area contributed by atoms with Crippen LogP contribution in [-0.4, -0.2) is 22.2 Å². The molecule has 0 aliphatic rings. The Hall–Kier alpha value is -2.72. The van der Waals surface area contributed by atoms with Gasteiger partial charge in [-0.2, -0.15) is 0 Å². The fourth-order valence-electron chi connectivity index (χ4n) is 2.50. The van der Waals surface area contributed by atoms with Crippen LogP contribution in [0.4, 0.5) is 0 Å². The van der Waals surface area contributed by atoms with Gasteiger partial charge in [0.15, 0.2) is 0 Å². The lowest BCUT2D eigenvalue weighted by Gasteiger charge is -2.29. The predicted octanol–water partition coefficient (Wildman–Crippen LogP) is 2.77. The monoisotopic (exact) mass is 292 g/mol. The summed E-state index contributed by atoms with van der Waals surface area (Å²) >= 11 is 0. The summed E-state index contributed by atoms with van der Waals surface area (Å²) < 4.78 is 5.19. The normalized spacial score (nSPS) is 13.4. The molecule has 3 aromatic rings. The summed E-state index contributed by atoms with van der Waals surface area (Å²) in [6, 6.07) is 16.8. The molecule has 0 saturated carbocycles. The summed E-state index contributed by atoms with van der Waals surface area (Å²) in [6.07, 6.45) is 4.71. The Bertz CT molecular complexity index is 689. The highest BCUT2D eigenvalue weighted by Gasteiger charge is 2.34. The van der Waals surface area contributed by atoms with E-state index in [0.29, 0.717) is 5.56 Å². The molecule has 1 heterocycles. The van der Waals surface area contributed by atoms with Crippen molar-refractivity contribution in [1.82, 2.24) is 9.97 Å². The van der Waals surface area contributed by atoms with Crippen LogP contribution in [0.5, 0.6) is 5.75 Å². The van der Waals surface area contributed by atoms with Gasteiger partial charge in [0.25, 0.3) is 0 Å². The number of nitrogens with zero attached hydrogens (tertiary/aromatic N) is 2. The van der Waals surface area contributed by atoms with Crippen LogP contribution in [0.1, 0.15) is 16.7 Å². The third-order valence-corrected chi connectivity index (χ3v) is 3.68. The van der Waals surface area contributed by atoms with E-state index in [2.05, 4.69) is 9.97 Å². The quantitative estimate of drug-likeness (QED) is 0.803. The molecule has 1 unspecified atom stereocenters. The first-order valence-corrected chi connectivity index (χ1v) is 6.93. The number of ether oxygens (including phenoxy) is 1. The van der Waals surface area contributed by atoms with Gasteiger partial charge in [0.1, 0.15) is 17.7 Å². The van der Waals surface area contributed by atoms with Crippen LogP contribution >= 0.6 is 0 Å². The highest BCUT2D eigenvalue weighted by molar-refractivity contribution is 5.46. The van der Waals surface area contributed by atoms with E-state index in [9.17, 15) is 5.11 Å². The second-order valence-electron chi connectivity index (χ2n) is 4.93. The summed E-state index contributed by atoms with van der Waals surface area (Å²) in [7, 11) is 1.61. The zero-order valence-electron chi connectivity index (χ0n) is 12.2. The molecule has 0 bridgehead atoms. The minimum atomic E-state index is -1.31. The van der Waals surface area contributed by atoms with Crippen molar-refractivity contribution in [3.05, 3.63) is 90.0 Å². The van der Waals surface area contributed by atoms with Gasteiger partial charge in [-0.3, -0.25) is 0 Å². The number of methoxy groups -OCH3 is 1. The molecule has 4 nitrogen and oxygen atoms in total. The maximum atomic E-state index is 11.5. The second-order valence-corrected chi connectivity index (χ2v) is 4.93. The molecule has 0 spiro atoms. The molecule has 0 saturated heterocycles. The predicted molar refractivity (Wildman–Crippen MR) is 83.6 cm³/mol. The van der Waals surface area contributed by atoms with Crippen molar-refractivity contribution in [3.8, 4) is 5.75 Å². The molecule has 0 radical (unpaired) electrons. The molecular weight excluding hydrogens is 276 g/mol. The Balaban J connectivity index is 2.18. The van der Waals surface area contributed by atoms with Crippen molar-refractivity contribution in [1.29, 1.82) is 0 Å². The summed E-state index contributed by atoms with van der Waals surface area (Å²) in [5.41, 5.74) is 0.796. The Kier molecular flexibility index (Phi) is 3.85. The van der Waals surface area contributed by atoms with E-state index in [-0.39, 0.29) is 0 Å². The van der Waals surface area contributed by atoms with E-state index < -0.39 is 5.60 Å². The number of rotatable bonds is 4. The van der Waals surface area contributed by atoms with Gasteiger partial charge in [-0.25, -0.2) is 9.97 Å². The fraction of sp³-hybridized carbons (Fsp3) is 0.111. The van der Waals surface area contributed by atoms with Gasteiger partial charge in [-0.1, -0.05) is 42.5 Å². The van der Waals surface area contributed by atoms with Crippen LogP contribution in [0.2, 0.25) is 0 Å². The molecule has 1 N–H and O–H groups in total. The average Bonchev–Trinajstić information content (AvgIpc) is 2.62. The fourth-order valence-corrected chi connectivity index (χ4v) is 2.50. The number of aromatic nitrogens is 2. The molecule has 0 aliphatic carbocycles. The van der Waals surface area contributed by atoms with Crippen molar-refractivity contribution in [2.24, 2.45) is 0 Å². The molecule has 3 rings (SSSR count). The van der Waals surface area contributed by atoms with Crippen molar-refractivity contribution in [2.75, 3.05) is 7.11 Å². The standard InChI is InChI=1S/C18H16N2O2/c1-22-17-9-7-15(8-10-17)18(21,14-5-3-2-4-6-14)16-11-19-13-20-12-16/h2-13,21H,1H3. The number of hydrogen-bond donors (Lipinski definition) is 1. The minimum absolute atomic E-state index is 0.617. The van der Waals surface area contributed by atoms with Crippen molar-refractivity contribution in [3.63, 3.8) is 0 Å². The molecule has 1 aromatic heterocycles. The van der Waals surface area contributed by atoms with Crippen LogP contribution < -0.4 is 4.74 Å². The lowest BCUT2D eigenvalue weighted by Crippen LogP contribution is -2.29. The number of hydrogen-bond acceptors (Lipinski definition) is 4. The van der Waals surface area contributed by atoms with Gasteiger partial charge in [-0.05, 0) is 23.3 Å². The zero-order chi connectivity index (χ0) is 15.4. The van der Waals surface area contributed by atoms with Crippen molar-refractivity contribution in [2.45, 2.75) is 5.60 Å². The van der Waals surface area contributed by atoms with Crippen molar-refractivity contribution < 1.29 is 9.84 Å². The Morgan fingerprint density at radius 1 is 0.818 bits per heavy atom. The third kappa shape index (κ3) is 2.44. The summed E-state index contributed by atoms with van der Waals surface area (Å²) in [4.78, 5) is 8.08. The minimum Gasteiger partial charge on any atom is -0.497 e. The van der Waals surface area contributed by atoms with Crippen LogP contribution in [0.15, 0.2) is 73.3 Å². The van der Waals surface area contributed by atoms with Gasteiger partial charge in [0.05, 0.1) is 7.11 Å². The number of aliphatic hydroxyl groups is 1. The average molecular weight is 292 g/mol. The van der Waals surface area contributed by atoms with E-state index >= 15 is 0 Å². The van der Waals surface area contributed by atoms with E-state index in [1.807, 2.05) is 54.6 Å². The molecule has 110 valence electrons. The van der Waals surface area contributed by atoms with E-state index in [1.54, 1.807) is 19.5 Å². The lowest BCUT2D eigenvalue weighted by molar-refractivity contribution is 0.125. The van der Waals surface area contributed by atoms with Crippen LogP contribution in [-0.2, 0) is 5.60 Å². The topological polar surface area (TPSA) is 55.2 Å². The van der Waals surface area contributed by atoms with Crippen LogP contribution in [0, 0.1) is 0 Å². The smallest absolute Gasteiger partial charge is 0.143 e. The second kappa shape index (κ2) is 5.95. The molecular formula is C18H16N2O2. The van der Waals surface area contributed by atoms with Crippen LogP contribution in [0.3, 0.4) is 0 Å². The molecule has 0 fully saturated rings. The SMILES string of the molecule is COc1ccc(C(O)(c2ccccc2)c2cncnc2)cc1. The first-order chi connectivity index (χ1) is 10.7.